The van der Waals surface area contributed by atoms with Gasteiger partial charge in [-0.1, -0.05) is 0 Å². The largest absolute Gasteiger partial charge is 1.00 e. The number of benzene rings is 1. The van der Waals surface area contributed by atoms with E-state index in [0.29, 0.717) is 0 Å². The molecule has 0 saturated carbocycles. The standard InChI is InChI=1S/C8H9BF3O3S.K/c1-16(13,14)8-4-2-7(3-5-8)15-6-9(10,11)12;/h2-5H,6H2,1H3;/q-1;+1. The van der Waals surface area contributed by atoms with E-state index in [1.807, 2.05) is 0 Å². The van der Waals surface area contributed by atoms with Crippen LogP contribution in [0.25, 0.3) is 0 Å². The van der Waals surface area contributed by atoms with Crippen LogP contribution in [0.4, 0.5) is 12.9 Å². The van der Waals surface area contributed by atoms with Crippen LogP contribution in [-0.2, 0) is 9.84 Å². The van der Waals surface area contributed by atoms with Crippen LogP contribution in [0.15, 0.2) is 29.2 Å². The molecule has 0 aliphatic rings. The van der Waals surface area contributed by atoms with E-state index in [9.17, 15) is 21.4 Å². The minimum atomic E-state index is -5.00. The summed E-state index contributed by atoms with van der Waals surface area (Å²) in [5.74, 6) is -0.00778. The van der Waals surface area contributed by atoms with Gasteiger partial charge in [0.2, 0.25) is 0 Å². The predicted octanol–water partition coefficient (Wildman–Crippen LogP) is -1.14. The van der Waals surface area contributed by atoms with Crippen LogP contribution >= 0.6 is 0 Å². The summed E-state index contributed by atoms with van der Waals surface area (Å²) in [6, 6.07) is 4.79. The average molecular weight is 292 g/mol. The van der Waals surface area contributed by atoms with E-state index < -0.39 is 23.3 Å². The summed E-state index contributed by atoms with van der Waals surface area (Å²) in [4.78, 5) is 0.0392. The molecule has 0 unspecified atom stereocenters. The van der Waals surface area contributed by atoms with Crippen molar-refractivity contribution in [2.24, 2.45) is 0 Å². The minimum absolute atomic E-state index is 0. The Balaban J connectivity index is 0.00000256. The van der Waals surface area contributed by atoms with Gasteiger partial charge in [0.05, 0.1) is 11.4 Å². The Labute approximate surface area is 140 Å². The molecule has 0 atom stereocenters. The summed E-state index contributed by atoms with van der Waals surface area (Å²) in [5.41, 5.74) is 0. The molecule has 1 aromatic rings. The van der Waals surface area contributed by atoms with Crippen molar-refractivity contribution in [1.29, 1.82) is 0 Å². The molecule has 0 aliphatic carbocycles. The molecule has 0 fully saturated rings. The van der Waals surface area contributed by atoms with Crippen molar-refractivity contribution in [3.8, 4) is 5.75 Å². The van der Waals surface area contributed by atoms with E-state index in [-0.39, 0.29) is 62.0 Å². The van der Waals surface area contributed by atoms with Crippen LogP contribution in [0.5, 0.6) is 5.75 Å². The van der Waals surface area contributed by atoms with Gasteiger partial charge in [-0.3, -0.25) is 0 Å². The number of sulfone groups is 1. The smallest absolute Gasteiger partial charge is 0.522 e. The Bertz CT molecular complexity index is 458. The first kappa shape index (κ1) is 17.5. The number of hydrogen-bond acceptors (Lipinski definition) is 3. The first-order valence-electron chi connectivity index (χ1n) is 4.32. The summed E-state index contributed by atoms with van der Waals surface area (Å²) < 4.78 is 62.1. The number of halogens is 3. The fourth-order valence-electron chi connectivity index (χ4n) is 0.974. The molecule has 1 rings (SSSR count). The molecule has 0 spiro atoms. The van der Waals surface area contributed by atoms with Crippen LogP contribution in [0.2, 0.25) is 0 Å². The van der Waals surface area contributed by atoms with Crippen molar-refractivity contribution >= 4 is 16.8 Å². The molecule has 0 bridgehead atoms. The maximum Gasteiger partial charge on any atom is 1.00 e. The zero-order valence-corrected chi connectivity index (χ0v) is 13.3. The van der Waals surface area contributed by atoms with Gasteiger partial charge in [0, 0.05) is 6.26 Å². The van der Waals surface area contributed by atoms with Crippen LogP contribution < -0.4 is 56.1 Å². The molecular weight excluding hydrogens is 283 g/mol. The van der Waals surface area contributed by atoms with Crippen molar-refractivity contribution in [2.45, 2.75) is 4.90 Å². The van der Waals surface area contributed by atoms with Crippen molar-refractivity contribution in [1.82, 2.24) is 0 Å². The second-order valence-electron chi connectivity index (χ2n) is 3.26. The monoisotopic (exact) mass is 292 g/mol. The minimum Gasteiger partial charge on any atom is -0.522 e. The molecule has 0 aliphatic heterocycles. The van der Waals surface area contributed by atoms with Gasteiger partial charge >= 0.3 is 58.4 Å². The third-order valence-electron chi connectivity index (χ3n) is 1.69. The molecular formula is C8H9BF3KO3S. The van der Waals surface area contributed by atoms with Crippen LogP contribution in [-0.4, -0.2) is 28.2 Å². The Morgan fingerprint density at radius 3 is 2.00 bits per heavy atom. The fraction of sp³-hybridized carbons (Fsp3) is 0.250. The van der Waals surface area contributed by atoms with Crippen molar-refractivity contribution in [3.63, 3.8) is 0 Å². The van der Waals surface area contributed by atoms with E-state index in [2.05, 4.69) is 4.74 Å². The Hall–Kier alpha value is 0.461. The molecule has 17 heavy (non-hydrogen) atoms. The van der Waals surface area contributed by atoms with Gasteiger partial charge in [-0.2, -0.15) is 0 Å². The average Bonchev–Trinajstić information content (AvgIpc) is 2.13. The van der Waals surface area contributed by atoms with Crippen LogP contribution in [0.3, 0.4) is 0 Å². The zero-order chi connectivity index (χ0) is 12.4. The van der Waals surface area contributed by atoms with Gasteiger partial charge in [-0.05, 0) is 24.3 Å². The zero-order valence-electron chi connectivity index (χ0n) is 9.36. The molecule has 90 valence electrons. The fourth-order valence-corrected chi connectivity index (χ4v) is 1.60. The van der Waals surface area contributed by atoms with Gasteiger partial charge in [0.1, 0.15) is 5.75 Å². The normalized spacial score (nSPS) is 11.8. The van der Waals surface area contributed by atoms with Gasteiger partial charge in [0.25, 0.3) is 0 Å². The van der Waals surface area contributed by atoms with Crippen molar-refractivity contribution < 1.29 is 77.5 Å². The molecule has 0 N–H and O–H groups in total. The third-order valence-corrected chi connectivity index (χ3v) is 2.82. The third kappa shape index (κ3) is 6.82. The van der Waals surface area contributed by atoms with Gasteiger partial charge < -0.3 is 17.7 Å². The molecule has 0 heterocycles. The van der Waals surface area contributed by atoms with E-state index in [1.54, 1.807) is 0 Å². The van der Waals surface area contributed by atoms with Gasteiger partial charge in [-0.25, -0.2) is 8.42 Å². The quantitative estimate of drug-likeness (QED) is 0.659. The van der Waals surface area contributed by atoms with E-state index in [4.69, 9.17) is 0 Å². The Morgan fingerprint density at radius 1 is 1.18 bits per heavy atom. The van der Waals surface area contributed by atoms with Crippen molar-refractivity contribution in [2.75, 3.05) is 12.8 Å². The molecule has 0 aromatic heterocycles. The Kier molecular flexibility index (Phi) is 6.75. The predicted molar refractivity (Wildman–Crippen MR) is 54.1 cm³/mol. The molecule has 0 saturated heterocycles. The SMILES string of the molecule is CS(=O)(=O)c1ccc(OC[B-](F)(F)F)cc1.[K+]. The summed E-state index contributed by atoms with van der Waals surface area (Å²) in [7, 11) is -3.34. The Morgan fingerprint density at radius 2 is 1.65 bits per heavy atom. The van der Waals surface area contributed by atoms with Crippen LogP contribution in [0, 0.1) is 0 Å². The van der Waals surface area contributed by atoms with E-state index >= 15 is 0 Å². The summed E-state index contributed by atoms with van der Waals surface area (Å²) in [6.07, 6.45) is 1.02. The maximum atomic E-state index is 11.9. The van der Waals surface area contributed by atoms with E-state index in [0.717, 1.165) is 6.26 Å². The first-order chi connectivity index (χ1) is 7.18. The van der Waals surface area contributed by atoms with Gasteiger partial charge in [-0.15, -0.1) is 0 Å². The molecule has 0 amide bonds. The number of rotatable bonds is 4. The summed E-state index contributed by atoms with van der Waals surface area (Å²) in [5, 5.41) is 0. The van der Waals surface area contributed by atoms with Crippen LogP contribution in [0.1, 0.15) is 0 Å². The molecule has 9 heteroatoms. The van der Waals surface area contributed by atoms with Crippen molar-refractivity contribution in [3.05, 3.63) is 24.3 Å². The number of ether oxygens (including phenoxy) is 1. The molecule has 3 nitrogen and oxygen atoms in total. The maximum absolute atomic E-state index is 11.9. The first-order valence-corrected chi connectivity index (χ1v) is 6.21. The summed E-state index contributed by atoms with van der Waals surface area (Å²) >= 11 is 0. The second kappa shape index (κ2) is 6.58. The molecule has 1 aromatic carbocycles. The van der Waals surface area contributed by atoms with E-state index in [1.165, 1.54) is 24.3 Å². The number of hydrogen-bond donors (Lipinski definition) is 0. The van der Waals surface area contributed by atoms with Gasteiger partial charge in [0.15, 0.2) is 9.84 Å². The second-order valence-corrected chi connectivity index (χ2v) is 5.28. The summed E-state index contributed by atoms with van der Waals surface area (Å²) in [6.45, 7) is -6.34. The molecule has 0 radical (unpaired) electrons. The topological polar surface area (TPSA) is 43.4 Å².